The number of rotatable bonds is 9. The van der Waals surface area contributed by atoms with Gasteiger partial charge in [-0.1, -0.05) is 38.1 Å². The van der Waals surface area contributed by atoms with Crippen LogP contribution in [0.4, 0.5) is 5.82 Å². The number of pyridine rings is 1. The van der Waals surface area contributed by atoms with E-state index in [2.05, 4.69) is 29.7 Å². The maximum atomic E-state index is 13.5. The highest BCUT2D eigenvalue weighted by atomic mass is 16.3. The van der Waals surface area contributed by atoms with E-state index in [-0.39, 0.29) is 17.7 Å². The summed E-state index contributed by atoms with van der Waals surface area (Å²) in [5.41, 5.74) is 3.73. The smallest absolute Gasteiger partial charge is 0.245 e. The first-order valence-corrected chi connectivity index (χ1v) is 13.0. The SMILES string of the molecule is CCN(CC)CCN(C)C(=O)[C@@H]1CCCN1c1cc(-c2ccc(C#N)cc2)cc(-c2ccccc2O)n1. The summed E-state index contributed by atoms with van der Waals surface area (Å²) in [6.45, 7) is 8.49. The molecule has 4 rings (SSSR count). The van der Waals surface area contributed by atoms with Gasteiger partial charge in [-0.2, -0.15) is 5.26 Å². The molecule has 3 aromatic rings. The molecule has 1 saturated heterocycles. The maximum absolute atomic E-state index is 13.5. The number of aromatic nitrogens is 1. The molecule has 7 heteroatoms. The van der Waals surface area contributed by atoms with E-state index in [1.54, 1.807) is 24.3 Å². The molecular formula is C30H35N5O2. The summed E-state index contributed by atoms with van der Waals surface area (Å²) in [6, 6.07) is 20.4. The lowest BCUT2D eigenvalue weighted by Crippen LogP contribution is -2.46. The van der Waals surface area contributed by atoms with Gasteiger partial charge in [0.05, 0.1) is 17.3 Å². The number of hydrogen-bond acceptors (Lipinski definition) is 6. The number of hydrogen-bond donors (Lipinski definition) is 1. The first-order chi connectivity index (χ1) is 17.9. The van der Waals surface area contributed by atoms with Crippen LogP contribution in [0.15, 0.2) is 60.7 Å². The molecule has 1 amide bonds. The van der Waals surface area contributed by atoms with Gasteiger partial charge in [0.1, 0.15) is 17.6 Å². The van der Waals surface area contributed by atoms with Gasteiger partial charge in [-0.25, -0.2) is 4.98 Å². The average Bonchev–Trinajstić information content (AvgIpc) is 3.43. The summed E-state index contributed by atoms with van der Waals surface area (Å²) in [5, 5.41) is 19.8. The van der Waals surface area contributed by atoms with Crippen molar-refractivity contribution in [2.24, 2.45) is 0 Å². The molecule has 1 aliphatic heterocycles. The van der Waals surface area contributed by atoms with E-state index in [0.29, 0.717) is 29.2 Å². The number of likely N-dealkylation sites (N-methyl/N-ethyl adjacent to an activating group) is 2. The Morgan fingerprint density at radius 3 is 2.49 bits per heavy atom. The first kappa shape index (κ1) is 26.2. The summed E-state index contributed by atoms with van der Waals surface area (Å²) in [4.78, 5) is 24.7. The van der Waals surface area contributed by atoms with Gasteiger partial charge in [0.2, 0.25) is 5.91 Å². The van der Waals surface area contributed by atoms with Crippen LogP contribution in [0.1, 0.15) is 32.3 Å². The molecule has 1 aliphatic rings. The second-order valence-electron chi connectivity index (χ2n) is 9.44. The Bertz CT molecular complexity index is 1260. The number of nitrogens with zero attached hydrogens (tertiary/aromatic N) is 5. The van der Waals surface area contributed by atoms with Crippen LogP contribution in [-0.4, -0.2) is 71.6 Å². The quantitative estimate of drug-likeness (QED) is 0.459. The molecular weight excluding hydrogens is 462 g/mol. The zero-order valence-corrected chi connectivity index (χ0v) is 21.9. The van der Waals surface area contributed by atoms with E-state index >= 15 is 0 Å². The second-order valence-corrected chi connectivity index (χ2v) is 9.44. The van der Waals surface area contributed by atoms with Gasteiger partial charge in [-0.3, -0.25) is 4.79 Å². The van der Waals surface area contributed by atoms with E-state index < -0.39 is 0 Å². The molecule has 37 heavy (non-hydrogen) atoms. The molecule has 0 saturated carbocycles. The lowest BCUT2D eigenvalue weighted by Gasteiger charge is -2.30. The van der Waals surface area contributed by atoms with E-state index in [1.807, 2.05) is 48.3 Å². The number of phenolic OH excluding ortho intramolecular Hbond substituents is 1. The molecule has 2 heterocycles. The molecule has 0 bridgehead atoms. The third-order valence-electron chi connectivity index (χ3n) is 7.19. The molecule has 0 radical (unpaired) electrons. The Labute approximate surface area is 219 Å². The van der Waals surface area contributed by atoms with Gasteiger partial charge < -0.3 is 19.8 Å². The van der Waals surface area contributed by atoms with Crippen molar-refractivity contribution in [3.63, 3.8) is 0 Å². The number of anilines is 1. The number of para-hydroxylation sites is 1. The predicted molar refractivity (Wildman–Crippen MR) is 147 cm³/mol. The van der Waals surface area contributed by atoms with Crippen molar-refractivity contribution < 1.29 is 9.90 Å². The summed E-state index contributed by atoms with van der Waals surface area (Å²) >= 11 is 0. The molecule has 0 unspecified atom stereocenters. The molecule has 1 aromatic heterocycles. The molecule has 0 spiro atoms. The lowest BCUT2D eigenvalue weighted by atomic mass is 10.0. The molecule has 1 atom stereocenters. The number of nitriles is 1. The monoisotopic (exact) mass is 497 g/mol. The fraction of sp³-hybridized carbons (Fsp3) is 0.367. The number of carbonyl (C=O) groups excluding carboxylic acids is 1. The number of benzene rings is 2. The molecule has 1 N–H and O–H groups in total. The molecule has 0 aliphatic carbocycles. The molecule has 1 fully saturated rings. The minimum Gasteiger partial charge on any atom is -0.507 e. The minimum atomic E-state index is -0.275. The van der Waals surface area contributed by atoms with Gasteiger partial charge in [-0.05, 0) is 73.5 Å². The Hall–Kier alpha value is -3.89. The maximum Gasteiger partial charge on any atom is 0.245 e. The highest BCUT2D eigenvalue weighted by molar-refractivity contribution is 5.86. The topological polar surface area (TPSA) is 83.7 Å². The van der Waals surface area contributed by atoms with Crippen molar-refractivity contribution in [1.82, 2.24) is 14.8 Å². The number of carbonyl (C=O) groups is 1. The van der Waals surface area contributed by atoms with Crippen LogP contribution in [0.25, 0.3) is 22.4 Å². The summed E-state index contributed by atoms with van der Waals surface area (Å²) in [7, 11) is 1.89. The van der Waals surface area contributed by atoms with Gasteiger partial charge in [0.25, 0.3) is 0 Å². The van der Waals surface area contributed by atoms with E-state index in [4.69, 9.17) is 4.98 Å². The Balaban J connectivity index is 1.69. The standard InChI is InChI=1S/C30H35N5O2/c1-4-34(5-2)18-17-33(3)30(37)27-10-8-16-35(27)29-20-24(23-14-12-22(21-31)13-15-23)19-26(32-29)25-9-6-7-11-28(25)36/h6-7,9,11-15,19-20,27,36H,4-5,8,10,16-18H2,1-3H3/t27-/m0/s1. The number of amides is 1. The normalized spacial score (nSPS) is 15.1. The Kier molecular flexibility index (Phi) is 8.42. The zero-order chi connectivity index (χ0) is 26.4. The Morgan fingerprint density at radius 2 is 1.81 bits per heavy atom. The van der Waals surface area contributed by atoms with Crippen LogP contribution < -0.4 is 4.90 Å². The predicted octanol–water partition coefficient (Wildman–Crippen LogP) is 4.76. The number of aromatic hydroxyl groups is 1. The van der Waals surface area contributed by atoms with Crippen molar-refractivity contribution >= 4 is 11.7 Å². The van der Waals surface area contributed by atoms with Gasteiger partial charge >= 0.3 is 0 Å². The van der Waals surface area contributed by atoms with Crippen LogP contribution in [0.5, 0.6) is 5.75 Å². The minimum absolute atomic E-state index is 0.111. The molecule has 7 nitrogen and oxygen atoms in total. The van der Waals surface area contributed by atoms with Crippen molar-refractivity contribution in [1.29, 1.82) is 5.26 Å². The Morgan fingerprint density at radius 1 is 1.08 bits per heavy atom. The fourth-order valence-electron chi connectivity index (χ4n) is 4.89. The molecule has 192 valence electrons. The van der Waals surface area contributed by atoms with Crippen LogP contribution in [0.3, 0.4) is 0 Å². The fourth-order valence-corrected chi connectivity index (χ4v) is 4.89. The average molecular weight is 498 g/mol. The van der Waals surface area contributed by atoms with Crippen LogP contribution in [0, 0.1) is 11.3 Å². The van der Waals surface area contributed by atoms with Crippen molar-refractivity contribution in [3.05, 3.63) is 66.2 Å². The summed E-state index contributed by atoms with van der Waals surface area (Å²) < 4.78 is 0. The second kappa shape index (κ2) is 11.9. The van der Waals surface area contributed by atoms with Crippen LogP contribution in [0.2, 0.25) is 0 Å². The third-order valence-corrected chi connectivity index (χ3v) is 7.19. The van der Waals surface area contributed by atoms with E-state index in [9.17, 15) is 15.2 Å². The van der Waals surface area contributed by atoms with Gasteiger partial charge in [-0.15, -0.1) is 0 Å². The van der Waals surface area contributed by atoms with Gasteiger partial charge in [0.15, 0.2) is 0 Å². The highest BCUT2D eigenvalue weighted by Crippen LogP contribution is 2.35. The van der Waals surface area contributed by atoms with Crippen molar-refractivity contribution in [3.8, 4) is 34.2 Å². The van der Waals surface area contributed by atoms with Crippen molar-refractivity contribution in [2.45, 2.75) is 32.7 Å². The number of phenols is 1. The van der Waals surface area contributed by atoms with E-state index in [1.165, 1.54) is 0 Å². The van der Waals surface area contributed by atoms with Crippen LogP contribution >= 0.6 is 0 Å². The van der Waals surface area contributed by atoms with Crippen molar-refractivity contribution in [2.75, 3.05) is 44.7 Å². The van der Waals surface area contributed by atoms with E-state index in [0.717, 1.165) is 50.1 Å². The zero-order valence-electron chi connectivity index (χ0n) is 21.9. The molecule has 2 aromatic carbocycles. The first-order valence-electron chi connectivity index (χ1n) is 13.0. The summed E-state index contributed by atoms with van der Waals surface area (Å²) in [5.74, 6) is 0.982. The third kappa shape index (κ3) is 5.92. The highest BCUT2D eigenvalue weighted by Gasteiger charge is 2.34. The lowest BCUT2D eigenvalue weighted by molar-refractivity contribution is -0.131. The van der Waals surface area contributed by atoms with Crippen LogP contribution in [-0.2, 0) is 4.79 Å². The summed E-state index contributed by atoms with van der Waals surface area (Å²) in [6.07, 6.45) is 1.69. The van der Waals surface area contributed by atoms with Gasteiger partial charge in [0, 0.05) is 32.2 Å². The largest absolute Gasteiger partial charge is 0.507 e.